The van der Waals surface area contributed by atoms with Gasteiger partial charge in [0.05, 0.1) is 6.07 Å². The molecule has 5 aromatic carbocycles. The van der Waals surface area contributed by atoms with Crippen LogP contribution in [0.5, 0.6) is 11.5 Å². The summed E-state index contributed by atoms with van der Waals surface area (Å²) in [7, 11) is 1.43. The molecule has 1 aliphatic rings. The Morgan fingerprint density at radius 3 is 2.01 bits per heavy atom. The highest BCUT2D eigenvalue weighted by Crippen LogP contribution is 2.40. The van der Waals surface area contributed by atoms with Crippen LogP contribution in [0.2, 0.25) is 0 Å². The van der Waals surface area contributed by atoms with Gasteiger partial charge in [-0.2, -0.15) is 5.26 Å². The minimum atomic E-state index is -1.38. The fourth-order valence-corrected chi connectivity index (χ4v) is 7.95. The molecule has 4 atom stereocenters. The first-order chi connectivity index (χ1) is 32.4. The molecule has 5 amide bonds. The molecule has 4 bridgehead atoms. The van der Waals surface area contributed by atoms with E-state index in [2.05, 4.69) is 21.3 Å². The first kappa shape index (κ1) is 48.9. The topological polar surface area (TPSA) is 257 Å². The van der Waals surface area contributed by atoms with E-state index in [4.69, 9.17) is 26.7 Å². The maximum absolute atomic E-state index is 14.7. The highest BCUT2D eigenvalue weighted by atomic mass is 16.5. The van der Waals surface area contributed by atoms with Crippen molar-refractivity contribution in [2.24, 2.45) is 17.2 Å². The van der Waals surface area contributed by atoms with Crippen LogP contribution in [0, 0.1) is 18.3 Å². The van der Waals surface area contributed by atoms with Gasteiger partial charge < -0.3 is 52.8 Å². The number of nitrogens with one attached hydrogen (secondary N) is 4. The Bertz CT molecular complexity index is 2620. The van der Waals surface area contributed by atoms with Crippen LogP contribution < -0.4 is 47.9 Å². The zero-order valence-electron chi connectivity index (χ0n) is 37.8. The van der Waals surface area contributed by atoms with Gasteiger partial charge in [-0.15, -0.1) is 0 Å². The van der Waals surface area contributed by atoms with Crippen molar-refractivity contribution in [1.29, 1.82) is 5.26 Å². The summed E-state index contributed by atoms with van der Waals surface area (Å²) in [6.45, 7) is 3.69. The number of likely N-dealkylation sites (N-methyl/N-ethyl adjacent to an activating group) is 1. The molecule has 0 fully saturated rings. The molecular weight excluding hydrogens is 851 g/mol. The lowest BCUT2D eigenvalue weighted by Crippen LogP contribution is -2.56. The number of hydrogen-bond donors (Lipinski definition) is 7. The predicted molar refractivity (Wildman–Crippen MR) is 255 cm³/mol. The van der Waals surface area contributed by atoms with Crippen molar-refractivity contribution < 1.29 is 33.4 Å². The second-order valence-corrected chi connectivity index (χ2v) is 16.2. The largest absolute Gasteiger partial charge is 0.492 e. The van der Waals surface area contributed by atoms with Crippen LogP contribution in [-0.2, 0) is 25.6 Å². The van der Waals surface area contributed by atoms with E-state index in [1.165, 1.54) is 18.9 Å². The lowest BCUT2D eigenvalue weighted by Gasteiger charge is -2.32. The Morgan fingerprint density at radius 1 is 0.776 bits per heavy atom. The van der Waals surface area contributed by atoms with Crippen molar-refractivity contribution in [2.45, 2.75) is 50.9 Å². The SMILES string of the molecule is Cc1cc(-c2ccc(-c3ccccc3)cc2)ccc1C(=O)N[C@@H](CCN)C(=O)N(C)[C@@H]1C(=O)N[C@@H](C)C(=O)N[C@H](C(=O)NCC#N)Cc2ccc(OCCN)c(c2)-c2cc1ccc2OCCN. The summed E-state index contributed by atoms with van der Waals surface area (Å²) in [4.78, 5) is 71.6. The van der Waals surface area contributed by atoms with Crippen molar-refractivity contribution in [2.75, 3.05) is 46.4 Å². The highest BCUT2D eigenvalue weighted by molar-refractivity contribution is 6.00. The minimum Gasteiger partial charge on any atom is -0.492 e. The Morgan fingerprint density at radius 2 is 1.39 bits per heavy atom. The monoisotopic (exact) mass is 907 g/mol. The molecule has 0 unspecified atom stereocenters. The third-order valence-electron chi connectivity index (χ3n) is 11.4. The number of aryl methyl sites for hydroxylation is 1. The number of nitrogens with zero attached hydrogens (tertiary/aromatic N) is 2. The van der Waals surface area contributed by atoms with Crippen LogP contribution in [0.3, 0.4) is 0 Å². The predicted octanol–water partition coefficient (Wildman–Crippen LogP) is 3.50. The molecule has 0 saturated heterocycles. The van der Waals surface area contributed by atoms with Gasteiger partial charge in [-0.1, -0.05) is 78.9 Å². The molecule has 6 rings (SSSR count). The number of ether oxygens (including phenoxy) is 2. The Balaban J connectivity index is 1.35. The number of carbonyl (C=O) groups excluding carboxylic acids is 5. The van der Waals surface area contributed by atoms with E-state index in [-0.39, 0.29) is 52.2 Å². The van der Waals surface area contributed by atoms with Crippen molar-refractivity contribution in [1.82, 2.24) is 26.2 Å². The molecule has 0 spiro atoms. The third kappa shape index (κ3) is 12.0. The van der Waals surface area contributed by atoms with Crippen molar-refractivity contribution >= 4 is 29.5 Å². The van der Waals surface area contributed by atoms with E-state index in [9.17, 15) is 29.2 Å². The molecule has 348 valence electrons. The molecule has 16 nitrogen and oxygen atoms in total. The van der Waals surface area contributed by atoms with Gasteiger partial charge in [0.15, 0.2) is 0 Å². The lowest BCUT2D eigenvalue weighted by molar-refractivity contribution is -0.141. The average Bonchev–Trinajstić information content (AvgIpc) is 3.34. The number of rotatable bonds is 16. The van der Waals surface area contributed by atoms with Gasteiger partial charge in [0, 0.05) is 43.2 Å². The van der Waals surface area contributed by atoms with E-state index in [0.29, 0.717) is 44.9 Å². The summed E-state index contributed by atoms with van der Waals surface area (Å²) in [5, 5.41) is 20.0. The standard InChI is InChI=1S/C51H57N9O7/c1-31-27-37(36-12-10-35(11-13-36)34-7-5-4-6-8-34)14-16-39(31)48(62)58-42(19-20-52)51(65)60(3)46-38-15-18-45(67-26-23-55)41(30-38)40-28-33(9-17-44(40)66-25-22-54)29-43(49(63)56-24-21-53)59-47(61)32(2)57-50(46)64/h4-18,27-28,30,32,42-43,46H,19-20,22-26,29,52,54-55H2,1-3H3,(H,56,63)(H,57,64)(H,58,62)(H,59,61)/t32-,42-,43-,46-/m0/s1. The first-order valence-electron chi connectivity index (χ1n) is 22.1. The zero-order chi connectivity index (χ0) is 48.0. The average molecular weight is 908 g/mol. The number of amides is 5. The first-order valence-corrected chi connectivity index (χ1v) is 22.1. The van der Waals surface area contributed by atoms with Crippen molar-refractivity contribution in [3.8, 4) is 50.9 Å². The minimum absolute atomic E-state index is 0.00722. The zero-order valence-corrected chi connectivity index (χ0v) is 37.8. The second-order valence-electron chi connectivity index (χ2n) is 16.2. The van der Waals surface area contributed by atoms with Crippen LogP contribution in [0.4, 0.5) is 0 Å². The Hall–Kier alpha value is -7.58. The highest BCUT2D eigenvalue weighted by Gasteiger charge is 2.36. The number of benzene rings is 5. The van der Waals surface area contributed by atoms with Crippen LogP contribution in [0.25, 0.3) is 33.4 Å². The number of nitrogens with two attached hydrogens (primary N) is 3. The van der Waals surface area contributed by atoms with Gasteiger partial charge in [-0.25, -0.2) is 0 Å². The fourth-order valence-electron chi connectivity index (χ4n) is 7.95. The molecular formula is C51H57N9O7. The molecule has 16 heteroatoms. The molecule has 0 radical (unpaired) electrons. The van der Waals surface area contributed by atoms with Gasteiger partial charge in [0.2, 0.25) is 23.6 Å². The molecule has 10 N–H and O–H groups in total. The normalized spacial score (nSPS) is 16.2. The van der Waals surface area contributed by atoms with E-state index in [0.717, 1.165) is 22.3 Å². The summed E-state index contributed by atoms with van der Waals surface area (Å²) >= 11 is 0. The Labute approximate surface area is 390 Å². The van der Waals surface area contributed by atoms with Gasteiger partial charge in [0.1, 0.15) is 55.4 Å². The van der Waals surface area contributed by atoms with Crippen molar-refractivity contribution in [3.63, 3.8) is 0 Å². The smallest absolute Gasteiger partial charge is 0.252 e. The van der Waals surface area contributed by atoms with Crippen LogP contribution >= 0.6 is 0 Å². The molecule has 1 aliphatic heterocycles. The number of hydrogen-bond acceptors (Lipinski definition) is 11. The summed E-state index contributed by atoms with van der Waals surface area (Å²) in [5.74, 6) is -2.40. The molecule has 5 aromatic rings. The second kappa shape index (κ2) is 23.0. The summed E-state index contributed by atoms with van der Waals surface area (Å²) < 4.78 is 12.2. The van der Waals surface area contributed by atoms with Crippen LogP contribution in [-0.4, -0.2) is 99.0 Å². The maximum Gasteiger partial charge on any atom is 0.252 e. The third-order valence-corrected chi connectivity index (χ3v) is 11.4. The number of nitriles is 1. The van der Waals surface area contributed by atoms with Gasteiger partial charge in [-0.05, 0) is 96.1 Å². The number of fused-ring (bicyclic) bond motifs is 5. The van der Waals surface area contributed by atoms with Gasteiger partial charge in [-0.3, -0.25) is 24.0 Å². The molecule has 67 heavy (non-hydrogen) atoms. The molecule has 0 saturated carbocycles. The summed E-state index contributed by atoms with van der Waals surface area (Å²) in [5.41, 5.74) is 24.7. The lowest BCUT2D eigenvalue weighted by atomic mass is 9.93. The maximum atomic E-state index is 14.7. The molecule has 1 heterocycles. The quantitative estimate of drug-likeness (QED) is 0.0706. The van der Waals surface area contributed by atoms with E-state index in [1.807, 2.05) is 79.7 Å². The van der Waals surface area contributed by atoms with Crippen LogP contribution in [0.15, 0.2) is 109 Å². The van der Waals surface area contributed by atoms with E-state index in [1.54, 1.807) is 42.5 Å². The van der Waals surface area contributed by atoms with Crippen LogP contribution in [0.1, 0.15) is 46.4 Å². The Kier molecular flexibility index (Phi) is 16.8. The van der Waals surface area contributed by atoms with E-state index >= 15 is 0 Å². The van der Waals surface area contributed by atoms with Crippen molar-refractivity contribution in [3.05, 3.63) is 131 Å². The molecule has 0 aliphatic carbocycles. The molecule has 0 aromatic heterocycles. The number of carbonyl (C=O) groups is 5. The fraction of sp³-hybridized carbons (Fsp3) is 0.294. The van der Waals surface area contributed by atoms with Gasteiger partial charge in [0.25, 0.3) is 5.91 Å². The van der Waals surface area contributed by atoms with Gasteiger partial charge >= 0.3 is 0 Å². The summed E-state index contributed by atoms with van der Waals surface area (Å²) in [6.07, 6.45) is 0.0429. The van der Waals surface area contributed by atoms with E-state index < -0.39 is 53.7 Å². The summed E-state index contributed by atoms with van der Waals surface area (Å²) in [6, 6.07) is 30.9.